The van der Waals surface area contributed by atoms with Crippen molar-refractivity contribution in [2.75, 3.05) is 19.4 Å². The van der Waals surface area contributed by atoms with Gasteiger partial charge in [-0.1, -0.05) is 46.0 Å². The molecule has 1 unspecified atom stereocenters. The van der Waals surface area contributed by atoms with Gasteiger partial charge in [0.15, 0.2) is 0 Å². The van der Waals surface area contributed by atoms with Crippen LogP contribution in [0.3, 0.4) is 0 Å². The molecular formula is C11H25OP. The van der Waals surface area contributed by atoms with Crippen molar-refractivity contribution in [3.05, 3.63) is 0 Å². The van der Waals surface area contributed by atoms with Gasteiger partial charge < -0.3 is 4.52 Å². The third kappa shape index (κ3) is 10.3. The van der Waals surface area contributed by atoms with E-state index in [4.69, 9.17) is 4.52 Å². The third-order valence-corrected chi connectivity index (χ3v) is 3.77. The van der Waals surface area contributed by atoms with Crippen molar-refractivity contribution in [3.63, 3.8) is 0 Å². The van der Waals surface area contributed by atoms with Gasteiger partial charge in [-0.3, -0.25) is 0 Å². The predicted molar refractivity (Wildman–Crippen MR) is 62.7 cm³/mol. The minimum atomic E-state index is -0.106. The molecule has 0 aromatic carbocycles. The summed E-state index contributed by atoms with van der Waals surface area (Å²) in [5, 5.41) is 0. The van der Waals surface area contributed by atoms with Crippen molar-refractivity contribution >= 4 is 8.15 Å². The first-order valence-corrected chi connectivity index (χ1v) is 7.54. The van der Waals surface area contributed by atoms with Crippen LogP contribution in [0.2, 0.25) is 0 Å². The van der Waals surface area contributed by atoms with Crippen LogP contribution in [0.1, 0.15) is 52.4 Å². The number of unbranched alkanes of at least 4 members (excludes halogenated alkanes) is 5. The predicted octanol–water partition coefficient (Wildman–Crippen LogP) is 4.41. The van der Waals surface area contributed by atoms with Gasteiger partial charge in [0.25, 0.3) is 0 Å². The number of rotatable bonds is 9. The SMILES string of the molecule is CCCCCCCCOP(C)CC. The van der Waals surface area contributed by atoms with Crippen LogP contribution in [0.25, 0.3) is 0 Å². The van der Waals surface area contributed by atoms with Crippen LogP contribution in [0.5, 0.6) is 0 Å². The lowest BCUT2D eigenvalue weighted by atomic mass is 10.1. The molecule has 0 aliphatic carbocycles. The summed E-state index contributed by atoms with van der Waals surface area (Å²) < 4.78 is 5.66. The molecule has 0 spiro atoms. The van der Waals surface area contributed by atoms with Crippen LogP contribution in [0.4, 0.5) is 0 Å². The summed E-state index contributed by atoms with van der Waals surface area (Å²) in [5.74, 6) is 0. The van der Waals surface area contributed by atoms with E-state index >= 15 is 0 Å². The Morgan fingerprint density at radius 2 is 1.54 bits per heavy atom. The highest BCUT2D eigenvalue weighted by molar-refractivity contribution is 7.51. The van der Waals surface area contributed by atoms with Crippen LogP contribution in [-0.2, 0) is 4.52 Å². The van der Waals surface area contributed by atoms with Gasteiger partial charge in [-0.25, -0.2) is 0 Å². The van der Waals surface area contributed by atoms with E-state index < -0.39 is 0 Å². The maximum absolute atomic E-state index is 5.66. The van der Waals surface area contributed by atoms with Crippen molar-refractivity contribution < 1.29 is 4.52 Å². The fraction of sp³-hybridized carbons (Fsp3) is 1.00. The molecule has 13 heavy (non-hydrogen) atoms. The minimum Gasteiger partial charge on any atom is -0.360 e. The summed E-state index contributed by atoms with van der Waals surface area (Å²) >= 11 is 0. The van der Waals surface area contributed by atoms with Gasteiger partial charge in [0.1, 0.15) is 0 Å². The van der Waals surface area contributed by atoms with Crippen molar-refractivity contribution in [2.45, 2.75) is 52.4 Å². The molecule has 0 aliphatic rings. The van der Waals surface area contributed by atoms with E-state index in [-0.39, 0.29) is 8.15 Å². The maximum Gasteiger partial charge on any atom is 0.0508 e. The van der Waals surface area contributed by atoms with E-state index in [1.807, 2.05) is 0 Å². The van der Waals surface area contributed by atoms with Crippen LogP contribution >= 0.6 is 8.15 Å². The molecule has 0 saturated carbocycles. The lowest BCUT2D eigenvalue weighted by Gasteiger charge is -2.09. The standard InChI is InChI=1S/C11H25OP/c1-4-6-7-8-9-10-11-12-13(3)5-2/h4-11H2,1-3H3. The second-order valence-electron chi connectivity index (χ2n) is 3.55. The number of hydrogen-bond donors (Lipinski definition) is 0. The summed E-state index contributed by atoms with van der Waals surface area (Å²) in [5.41, 5.74) is 0. The van der Waals surface area contributed by atoms with Gasteiger partial charge in [-0.05, 0) is 19.2 Å². The lowest BCUT2D eigenvalue weighted by molar-refractivity contribution is 0.338. The van der Waals surface area contributed by atoms with E-state index in [2.05, 4.69) is 20.5 Å². The molecule has 0 saturated heterocycles. The van der Waals surface area contributed by atoms with Crippen molar-refractivity contribution in [2.24, 2.45) is 0 Å². The molecule has 0 amide bonds. The largest absolute Gasteiger partial charge is 0.360 e. The molecule has 80 valence electrons. The summed E-state index contributed by atoms with van der Waals surface area (Å²) in [6, 6.07) is 0. The summed E-state index contributed by atoms with van der Waals surface area (Å²) in [6.45, 7) is 7.66. The average Bonchev–Trinajstić information content (AvgIpc) is 2.16. The summed E-state index contributed by atoms with van der Waals surface area (Å²) in [6.07, 6.45) is 9.35. The van der Waals surface area contributed by atoms with Gasteiger partial charge >= 0.3 is 0 Å². The number of hydrogen-bond acceptors (Lipinski definition) is 1. The Balaban J connectivity index is 2.91. The van der Waals surface area contributed by atoms with Crippen LogP contribution in [0, 0.1) is 0 Å². The first-order valence-electron chi connectivity index (χ1n) is 5.65. The average molecular weight is 204 g/mol. The molecule has 0 bridgehead atoms. The molecule has 0 aliphatic heterocycles. The zero-order chi connectivity index (χ0) is 9.94. The second-order valence-corrected chi connectivity index (χ2v) is 5.69. The molecule has 0 aromatic heterocycles. The van der Waals surface area contributed by atoms with E-state index in [1.54, 1.807) is 0 Å². The highest BCUT2D eigenvalue weighted by atomic mass is 31.1. The zero-order valence-corrected chi connectivity index (χ0v) is 10.4. The molecular weight excluding hydrogens is 179 g/mol. The molecule has 0 N–H and O–H groups in total. The molecule has 1 atom stereocenters. The van der Waals surface area contributed by atoms with E-state index in [1.165, 1.54) is 44.7 Å². The molecule has 0 aromatic rings. The molecule has 1 nitrogen and oxygen atoms in total. The smallest absolute Gasteiger partial charge is 0.0508 e. The molecule has 0 heterocycles. The van der Waals surface area contributed by atoms with E-state index in [9.17, 15) is 0 Å². The molecule has 0 fully saturated rings. The van der Waals surface area contributed by atoms with Gasteiger partial charge in [-0.15, -0.1) is 0 Å². The zero-order valence-electron chi connectivity index (χ0n) is 9.51. The Kier molecular flexibility index (Phi) is 10.8. The Hall–Kier alpha value is 0.390. The Bertz CT molecular complexity index is 96.1. The third-order valence-electron chi connectivity index (χ3n) is 2.25. The van der Waals surface area contributed by atoms with Crippen LogP contribution in [-0.4, -0.2) is 19.4 Å². The van der Waals surface area contributed by atoms with Gasteiger partial charge in [-0.2, -0.15) is 0 Å². The summed E-state index contributed by atoms with van der Waals surface area (Å²) in [7, 11) is -0.106. The minimum absolute atomic E-state index is 0.106. The monoisotopic (exact) mass is 204 g/mol. The second kappa shape index (κ2) is 10.5. The maximum atomic E-state index is 5.66. The highest BCUT2D eigenvalue weighted by Crippen LogP contribution is 2.30. The lowest BCUT2D eigenvalue weighted by Crippen LogP contribution is -1.90. The van der Waals surface area contributed by atoms with Crippen molar-refractivity contribution in [1.82, 2.24) is 0 Å². The van der Waals surface area contributed by atoms with Gasteiger partial charge in [0, 0.05) is 8.15 Å². The van der Waals surface area contributed by atoms with E-state index in [0.717, 1.165) is 6.61 Å². The van der Waals surface area contributed by atoms with Crippen LogP contribution in [0.15, 0.2) is 0 Å². The fourth-order valence-corrected chi connectivity index (χ4v) is 1.82. The van der Waals surface area contributed by atoms with Crippen molar-refractivity contribution in [1.29, 1.82) is 0 Å². The quantitative estimate of drug-likeness (QED) is 0.399. The Labute approximate surface area is 85.1 Å². The Morgan fingerprint density at radius 3 is 2.15 bits per heavy atom. The first-order chi connectivity index (χ1) is 6.31. The molecule has 0 rings (SSSR count). The summed E-state index contributed by atoms with van der Waals surface area (Å²) in [4.78, 5) is 0. The highest BCUT2D eigenvalue weighted by Gasteiger charge is 1.96. The van der Waals surface area contributed by atoms with E-state index in [0.29, 0.717) is 0 Å². The van der Waals surface area contributed by atoms with Gasteiger partial charge in [0.2, 0.25) is 0 Å². The molecule has 2 heteroatoms. The Morgan fingerprint density at radius 1 is 0.923 bits per heavy atom. The normalized spacial score (nSPS) is 13.2. The molecule has 0 radical (unpaired) electrons. The first kappa shape index (κ1) is 13.4. The topological polar surface area (TPSA) is 9.23 Å². The van der Waals surface area contributed by atoms with Gasteiger partial charge in [0.05, 0.1) is 6.61 Å². The van der Waals surface area contributed by atoms with Crippen molar-refractivity contribution in [3.8, 4) is 0 Å². The fourth-order valence-electron chi connectivity index (χ4n) is 1.19. The van der Waals surface area contributed by atoms with Crippen LogP contribution < -0.4 is 0 Å².